The van der Waals surface area contributed by atoms with Crippen molar-refractivity contribution in [1.29, 1.82) is 5.26 Å². The Morgan fingerprint density at radius 1 is 1.11 bits per heavy atom. The molecule has 7 nitrogen and oxygen atoms in total. The molecule has 0 heterocycles. The molecule has 2 rings (SSSR count). The fourth-order valence-corrected chi connectivity index (χ4v) is 2.16. The van der Waals surface area contributed by atoms with Crippen molar-refractivity contribution in [2.24, 2.45) is 0 Å². The fraction of sp³-hybridized carbons (Fsp3) is 0.150. The van der Waals surface area contributed by atoms with Crippen LogP contribution in [0.3, 0.4) is 0 Å². The van der Waals surface area contributed by atoms with Gasteiger partial charge in [0.15, 0.2) is 11.5 Å². The predicted molar refractivity (Wildman–Crippen MR) is 100.0 cm³/mol. The Hall–Kier alpha value is -3.79. The van der Waals surface area contributed by atoms with Crippen molar-refractivity contribution in [1.82, 2.24) is 10.9 Å². The average molecular weight is 365 g/mol. The van der Waals surface area contributed by atoms with Crippen LogP contribution in [0, 0.1) is 11.3 Å². The van der Waals surface area contributed by atoms with Crippen molar-refractivity contribution < 1.29 is 19.1 Å². The van der Waals surface area contributed by atoms with Gasteiger partial charge in [0, 0.05) is 11.6 Å². The summed E-state index contributed by atoms with van der Waals surface area (Å²) in [5.74, 6) is -0.0236. The van der Waals surface area contributed by atoms with E-state index in [2.05, 4.69) is 10.9 Å². The third-order valence-electron chi connectivity index (χ3n) is 3.49. The average Bonchev–Trinajstić information content (AvgIpc) is 2.71. The van der Waals surface area contributed by atoms with Gasteiger partial charge >= 0.3 is 0 Å². The Kier molecular flexibility index (Phi) is 6.97. The quantitative estimate of drug-likeness (QED) is 0.605. The smallest absolute Gasteiger partial charge is 0.269 e. The number of ether oxygens (including phenoxy) is 2. The zero-order valence-corrected chi connectivity index (χ0v) is 15.0. The van der Waals surface area contributed by atoms with Gasteiger partial charge < -0.3 is 9.47 Å². The predicted octanol–water partition coefficient (Wildman–Crippen LogP) is 2.44. The largest absolute Gasteiger partial charge is 0.493 e. The Balaban J connectivity index is 1.93. The summed E-state index contributed by atoms with van der Waals surface area (Å²) in [6.45, 7) is 2.32. The van der Waals surface area contributed by atoms with Crippen LogP contribution in [-0.4, -0.2) is 25.5 Å². The van der Waals surface area contributed by atoms with Crippen molar-refractivity contribution in [3.63, 3.8) is 0 Å². The number of nitrogens with one attached hydrogen (secondary N) is 2. The number of benzene rings is 2. The maximum atomic E-state index is 12.2. The van der Waals surface area contributed by atoms with E-state index in [1.807, 2.05) is 13.0 Å². The molecule has 0 aliphatic carbocycles. The number of amides is 2. The number of nitriles is 1. The van der Waals surface area contributed by atoms with Crippen molar-refractivity contribution in [3.05, 3.63) is 65.2 Å². The Labute approximate surface area is 157 Å². The molecule has 0 spiro atoms. The van der Waals surface area contributed by atoms with Gasteiger partial charge in [-0.3, -0.25) is 20.4 Å². The summed E-state index contributed by atoms with van der Waals surface area (Å²) >= 11 is 0. The van der Waals surface area contributed by atoms with Crippen LogP contribution in [0.2, 0.25) is 0 Å². The van der Waals surface area contributed by atoms with Crippen LogP contribution in [0.25, 0.3) is 6.08 Å². The van der Waals surface area contributed by atoms with E-state index in [9.17, 15) is 9.59 Å². The Bertz CT molecular complexity index is 883. The van der Waals surface area contributed by atoms with Gasteiger partial charge in [0.25, 0.3) is 11.8 Å². The number of hydrogen-bond donors (Lipinski definition) is 2. The second kappa shape index (κ2) is 9.63. The van der Waals surface area contributed by atoms with Gasteiger partial charge in [-0.2, -0.15) is 5.26 Å². The van der Waals surface area contributed by atoms with Crippen LogP contribution in [0.5, 0.6) is 11.5 Å². The molecular weight excluding hydrogens is 346 g/mol. The van der Waals surface area contributed by atoms with Gasteiger partial charge in [0.05, 0.1) is 25.3 Å². The van der Waals surface area contributed by atoms with Crippen LogP contribution in [0.1, 0.15) is 28.4 Å². The van der Waals surface area contributed by atoms with Crippen molar-refractivity contribution in [2.45, 2.75) is 6.92 Å². The molecule has 0 saturated carbocycles. The molecule has 0 atom stereocenters. The van der Waals surface area contributed by atoms with Crippen molar-refractivity contribution in [3.8, 4) is 17.6 Å². The Morgan fingerprint density at radius 3 is 2.48 bits per heavy atom. The Morgan fingerprint density at radius 2 is 1.85 bits per heavy atom. The molecule has 7 heteroatoms. The van der Waals surface area contributed by atoms with E-state index in [4.69, 9.17) is 14.7 Å². The first-order valence-electron chi connectivity index (χ1n) is 8.16. The molecule has 2 aromatic carbocycles. The lowest BCUT2D eigenvalue weighted by molar-refractivity contribution is -0.117. The van der Waals surface area contributed by atoms with E-state index in [-0.39, 0.29) is 0 Å². The number of carbonyl (C=O) groups excluding carboxylic acids is 2. The molecule has 0 saturated heterocycles. The second-order valence-corrected chi connectivity index (χ2v) is 5.31. The summed E-state index contributed by atoms with van der Waals surface area (Å²) in [7, 11) is 1.48. The molecule has 138 valence electrons. The lowest BCUT2D eigenvalue weighted by Crippen LogP contribution is -2.40. The molecule has 0 unspecified atom stereocenters. The van der Waals surface area contributed by atoms with Crippen molar-refractivity contribution in [2.75, 3.05) is 13.7 Å². The van der Waals surface area contributed by atoms with Crippen LogP contribution in [0.4, 0.5) is 0 Å². The van der Waals surface area contributed by atoms with E-state index in [1.165, 1.54) is 19.3 Å². The molecular formula is C20H19N3O4. The summed E-state index contributed by atoms with van der Waals surface area (Å²) in [6, 6.07) is 13.5. The van der Waals surface area contributed by atoms with Crippen LogP contribution in [0.15, 0.2) is 48.5 Å². The van der Waals surface area contributed by atoms with E-state index in [0.29, 0.717) is 29.2 Å². The lowest BCUT2D eigenvalue weighted by Gasteiger charge is -2.11. The normalized spacial score (nSPS) is 10.1. The van der Waals surface area contributed by atoms with E-state index in [1.54, 1.807) is 42.5 Å². The van der Waals surface area contributed by atoms with Gasteiger partial charge in [-0.15, -0.1) is 0 Å². The zero-order chi connectivity index (χ0) is 19.6. The number of hydrazine groups is 1. The van der Waals surface area contributed by atoms with Crippen molar-refractivity contribution >= 4 is 17.9 Å². The standard InChI is InChI=1S/C20H19N3O4/c1-3-27-17-10-9-16(12-18(17)26-2)20(25)23-22-19(24)11-8-14-4-6-15(13-21)7-5-14/h4-12H,3H2,1-2H3,(H,22,24)(H,23,25)/b11-8+. The molecule has 0 fully saturated rings. The second-order valence-electron chi connectivity index (χ2n) is 5.31. The lowest BCUT2D eigenvalue weighted by atomic mass is 10.1. The fourth-order valence-electron chi connectivity index (χ4n) is 2.16. The van der Waals surface area contributed by atoms with Crippen LogP contribution >= 0.6 is 0 Å². The summed E-state index contributed by atoms with van der Waals surface area (Å²) < 4.78 is 10.6. The van der Waals surface area contributed by atoms with E-state index in [0.717, 1.165) is 5.56 Å². The van der Waals surface area contributed by atoms with E-state index >= 15 is 0 Å². The van der Waals surface area contributed by atoms with Gasteiger partial charge in [-0.25, -0.2) is 0 Å². The maximum Gasteiger partial charge on any atom is 0.269 e. The minimum Gasteiger partial charge on any atom is -0.493 e. The SMILES string of the molecule is CCOc1ccc(C(=O)NNC(=O)/C=C/c2ccc(C#N)cc2)cc1OC. The molecule has 0 bridgehead atoms. The summed E-state index contributed by atoms with van der Waals surface area (Å²) in [5.41, 5.74) is 6.23. The molecule has 0 aliphatic heterocycles. The van der Waals surface area contributed by atoms with Gasteiger partial charge in [0.1, 0.15) is 0 Å². The zero-order valence-electron chi connectivity index (χ0n) is 15.0. The maximum absolute atomic E-state index is 12.2. The van der Waals surface area contributed by atoms with Crippen LogP contribution < -0.4 is 20.3 Å². The summed E-state index contributed by atoms with van der Waals surface area (Å²) in [6.07, 6.45) is 2.85. The van der Waals surface area contributed by atoms with Gasteiger partial charge in [0.2, 0.25) is 0 Å². The first kappa shape index (κ1) is 19.5. The number of carbonyl (C=O) groups is 2. The number of hydrogen-bond acceptors (Lipinski definition) is 5. The minimum atomic E-state index is -0.495. The number of rotatable bonds is 6. The summed E-state index contributed by atoms with van der Waals surface area (Å²) in [5, 5.41) is 8.75. The summed E-state index contributed by atoms with van der Waals surface area (Å²) in [4.78, 5) is 24.0. The first-order chi connectivity index (χ1) is 13.1. The molecule has 2 aromatic rings. The van der Waals surface area contributed by atoms with Gasteiger partial charge in [-0.05, 0) is 48.9 Å². The third kappa shape index (κ3) is 5.61. The topological polar surface area (TPSA) is 100 Å². The minimum absolute atomic E-state index is 0.312. The highest BCUT2D eigenvalue weighted by Gasteiger charge is 2.11. The molecule has 2 N–H and O–H groups in total. The number of nitrogens with zero attached hydrogens (tertiary/aromatic N) is 1. The highest BCUT2D eigenvalue weighted by molar-refractivity contribution is 5.98. The monoisotopic (exact) mass is 365 g/mol. The van der Waals surface area contributed by atoms with Gasteiger partial charge in [-0.1, -0.05) is 12.1 Å². The van der Waals surface area contributed by atoms with Crippen LogP contribution in [-0.2, 0) is 4.79 Å². The first-order valence-corrected chi connectivity index (χ1v) is 8.16. The highest BCUT2D eigenvalue weighted by atomic mass is 16.5. The molecule has 27 heavy (non-hydrogen) atoms. The molecule has 0 aliphatic rings. The third-order valence-corrected chi connectivity index (χ3v) is 3.49. The molecule has 0 radical (unpaired) electrons. The van der Waals surface area contributed by atoms with E-state index < -0.39 is 11.8 Å². The number of methoxy groups -OCH3 is 1. The molecule has 0 aromatic heterocycles. The molecule has 2 amide bonds. The highest BCUT2D eigenvalue weighted by Crippen LogP contribution is 2.27.